The molecule has 166 valence electrons. The van der Waals surface area contributed by atoms with E-state index in [1.807, 2.05) is 42.5 Å². The fraction of sp³-hybridized carbons (Fsp3) is 0.208. The smallest absolute Gasteiger partial charge is 0.256 e. The molecule has 0 aliphatic carbocycles. The van der Waals surface area contributed by atoms with Crippen LogP contribution in [-0.2, 0) is 21.4 Å². The van der Waals surface area contributed by atoms with Crippen molar-refractivity contribution in [1.29, 1.82) is 0 Å². The zero-order valence-electron chi connectivity index (χ0n) is 17.4. The Hall–Kier alpha value is -3.20. The predicted molar refractivity (Wildman–Crippen MR) is 121 cm³/mol. The minimum atomic E-state index is -3.65. The Morgan fingerprint density at radius 2 is 1.66 bits per heavy atom. The number of nitrogens with zero attached hydrogens (tertiary/aromatic N) is 1. The van der Waals surface area contributed by atoms with E-state index >= 15 is 0 Å². The lowest BCUT2D eigenvalue weighted by Gasteiger charge is -2.26. The summed E-state index contributed by atoms with van der Waals surface area (Å²) in [5.74, 6) is 0.377. The molecule has 8 heteroatoms. The Balaban J connectivity index is 1.49. The van der Waals surface area contributed by atoms with E-state index in [9.17, 15) is 13.2 Å². The zero-order valence-corrected chi connectivity index (χ0v) is 18.3. The van der Waals surface area contributed by atoms with Gasteiger partial charge in [0.1, 0.15) is 12.4 Å². The number of ether oxygens (including phenoxy) is 2. The first kappa shape index (κ1) is 22.0. The van der Waals surface area contributed by atoms with Crippen LogP contribution in [0.2, 0.25) is 0 Å². The molecule has 3 aromatic rings. The minimum Gasteiger partial charge on any atom is -0.489 e. The molecule has 0 atom stereocenters. The molecule has 32 heavy (non-hydrogen) atoms. The first-order valence-corrected chi connectivity index (χ1v) is 11.7. The van der Waals surface area contributed by atoms with Gasteiger partial charge in [-0.05, 0) is 36.4 Å². The number of sulfonamides is 1. The van der Waals surface area contributed by atoms with Gasteiger partial charge in [0.2, 0.25) is 10.0 Å². The van der Waals surface area contributed by atoms with Crippen LogP contribution in [0.1, 0.15) is 15.9 Å². The highest BCUT2D eigenvalue weighted by Gasteiger charge is 2.26. The Morgan fingerprint density at radius 1 is 0.938 bits per heavy atom. The van der Waals surface area contributed by atoms with Crippen molar-refractivity contribution < 1.29 is 22.7 Å². The number of amides is 1. The second-order valence-corrected chi connectivity index (χ2v) is 9.20. The zero-order chi connectivity index (χ0) is 22.4. The number of rotatable bonds is 7. The Morgan fingerprint density at radius 3 is 2.44 bits per heavy atom. The van der Waals surface area contributed by atoms with Crippen LogP contribution in [0.5, 0.6) is 5.75 Å². The Kier molecular flexibility index (Phi) is 6.84. The lowest BCUT2D eigenvalue weighted by Crippen LogP contribution is -2.40. The topological polar surface area (TPSA) is 84.9 Å². The number of benzene rings is 3. The molecule has 0 radical (unpaired) electrons. The van der Waals surface area contributed by atoms with Gasteiger partial charge in [0.25, 0.3) is 5.91 Å². The summed E-state index contributed by atoms with van der Waals surface area (Å²) in [5, 5.41) is 2.81. The van der Waals surface area contributed by atoms with Gasteiger partial charge in [-0.3, -0.25) is 4.79 Å². The van der Waals surface area contributed by atoms with Gasteiger partial charge in [0, 0.05) is 29.9 Å². The average Bonchev–Trinajstić information content (AvgIpc) is 2.84. The van der Waals surface area contributed by atoms with Crippen LogP contribution < -0.4 is 10.1 Å². The number of morpholine rings is 1. The second kappa shape index (κ2) is 9.95. The van der Waals surface area contributed by atoms with E-state index in [4.69, 9.17) is 9.47 Å². The number of hydrogen-bond donors (Lipinski definition) is 1. The number of carbonyl (C=O) groups excluding carboxylic acids is 1. The van der Waals surface area contributed by atoms with E-state index < -0.39 is 10.0 Å². The maximum Gasteiger partial charge on any atom is 0.256 e. The van der Waals surface area contributed by atoms with Crippen molar-refractivity contribution in [2.24, 2.45) is 0 Å². The molecule has 1 aliphatic heterocycles. The van der Waals surface area contributed by atoms with Gasteiger partial charge in [0.15, 0.2) is 0 Å². The average molecular weight is 453 g/mol. The maximum atomic E-state index is 13.0. The largest absolute Gasteiger partial charge is 0.489 e. The summed E-state index contributed by atoms with van der Waals surface area (Å²) >= 11 is 0. The summed E-state index contributed by atoms with van der Waals surface area (Å²) in [7, 11) is -3.65. The van der Waals surface area contributed by atoms with Crippen molar-refractivity contribution in [1.82, 2.24) is 4.31 Å². The normalized spacial score (nSPS) is 14.6. The van der Waals surface area contributed by atoms with Gasteiger partial charge < -0.3 is 14.8 Å². The maximum absolute atomic E-state index is 13.0. The molecule has 0 bridgehead atoms. The van der Waals surface area contributed by atoms with Gasteiger partial charge >= 0.3 is 0 Å². The summed E-state index contributed by atoms with van der Waals surface area (Å²) < 4.78 is 38.2. The van der Waals surface area contributed by atoms with Gasteiger partial charge in [-0.1, -0.05) is 42.5 Å². The fourth-order valence-electron chi connectivity index (χ4n) is 3.41. The second-order valence-electron chi connectivity index (χ2n) is 7.26. The molecule has 0 saturated carbocycles. The number of nitrogens with one attached hydrogen (secondary N) is 1. The molecule has 0 spiro atoms. The van der Waals surface area contributed by atoms with Crippen molar-refractivity contribution in [3.63, 3.8) is 0 Å². The van der Waals surface area contributed by atoms with Crippen LogP contribution in [0.3, 0.4) is 0 Å². The Bertz CT molecular complexity index is 1180. The fourth-order valence-corrected chi connectivity index (χ4v) is 4.87. The van der Waals surface area contributed by atoms with Gasteiger partial charge in [-0.15, -0.1) is 0 Å². The molecule has 1 N–H and O–H groups in total. The Labute approximate surface area is 187 Å². The monoisotopic (exact) mass is 452 g/mol. The minimum absolute atomic E-state index is 0.137. The first-order valence-electron chi connectivity index (χ1n) is 10.3. The van der Waals surface area contributed by atoms with Crippen LogP contribution in [0.15, 0.2) is 83.8 Å². The van der Waals surface area contributed by atoms with Crippen molar-refractivity contribution in [3.8, 4) is 5.75 Å². The van der Waals surface area contributed by atoms with Crippen LogP contribution in [-0.4, -0.2) is 44.9 Å². The summed E-state index contributed by atoms with van der Waals surface area (Å²) in [6, 6.07) is 22.8. The van der Waals surface area contributed by atoms with Crippen molar-refractivity contribution in [2.45, 2.75) is 11.5 Å². The van der Waals surface area contributed by atoms with E-state index in [2.05, 4.69) is 5.32 Å². The molecule has 4 rings (SSSR count). The highest BCUT2D eigenvalue weighted by molar-refractivity contribution is 7.89. The summed E-state index contributed by atoms with van der Waals surface area (Å²) in [6.07, 6.45) is 0. The molecule has 1 aliphatic rings. The standard InChI is InChI=1S/C24H24N2O5S/c27-24(23-12-5-4-7-19(23)18-31-21-9-2-1-3-10-21)25-20-8-6-11-22(17-20)32(28,29)26-13-15-30-16-14-26/h1-12,17H,13-16,18H2,(H,25,27). The summed E-state index contributed by atoms with van der Waals surface area (Å²) in [4.78, 5) is 13.1. The lowest BCUT2D eigenvalue weighted by molar-refractivity contribution is 0.0730. The molecule has 0 aromatic heterocycles. The number of hydrogen-bond acceptors (Lipinski definition) is 5. The highest BCUT2D eigenvalue weighted by atomic mass is 32.2. The summed E-state index contributed by atoms with van der Waals surface area (Å²) in [6.45, 7) is 1.61. The quantitative estimate of drug-likeness (QED) is 0.593. The molecule has 1 heterocycles. The summed E-state index contributed by atoms with van der Waals surface area (Å²) in [5.41, 5.74) is 1.60. The molecule has 1 amide bonds. The molecular formula is C24H24N2O5S. The first-order chi connectivity index (χ1) is 15.5. The van der Waals surface area contributed by atoms with E-state index in [1.165, 1.54) is 16.4 Å². The van der Waals surface area contributed by atoms with Gasteiger partial charge in [0.05, 0.1) is 18.1 Å². The highest BCUT2D eigenvalue weighted by Crippen LogP contribution is 2.22. The van der Waals surface area contributed by atoms with Crippen molar-refractivity contribution in [2.75, 3.05) is 31.6 Å². The van der Waals surface area contributed by atoms with E-state index in [0.29, 0.717) is 43.3 Å². The van der Waals surface area contributed by atoms with E-state index in [-0.39, 0.29) is 17.4 Å². The molecule has 3 aromatic carbocycles. The van der Waals surface area contributed by atoms with Crippen LogP contribution >= 0.6 is 0 Å². The molecule has 1 saturated heterocycles. The van der Waals surface area contributed by atoms with Crippen molar-refractivity contribution in [3.05, 3.63) is 90.0 Å². The van der Waals surface area contributed by atoms with Crippen LogP contribution in [0.4, 0.5) is 5.69 Å². The van der Waals surface area contributed by atoms with E-state index in [0.717, 1.165) is 5.56 Å². The van der Waals surface area contributed by atoms with Gasteiger partial charge in [-0.25, -0.2) is 8.42 Å². The number of anilines is 1. The van der Waals surface area contributed by atoms with Gasteiger partial charge in [-0.2, -0.15) is 4.31 Å². The molecule has 0 unspecified atom stereocenters. The lowest BCUT2D eigenvalue weighted by atomic mass is 10.1. The third-order valence-electron chi connectivity index (χ3n) is 5.10. The predicted octanol–water partition coefficient (Wildman–Crippen LogP) is 3.54. The van der Waals surface area contributed by atoms with E-state index in [1.54, 1.807) is 24.3 Å². The third-order valence-corrected chi connectivity index (χ3v) is 6.99. The van der Waals surface area contributed by atoms with Crippen LogP contribution in [0, 0.1) is 0 Å². The molecule has 7 nitrogen and oxygen atoms in total. The molecular weight excluding hydrogens is 428 g/mol. The third kappa shape index (κ3) is 5.16. The van der Waals surface area contributed by atoms with Crippen LogP contribution in [0.25, 0.3) is 0 Å². The van der Waals surface area contributed by atoms with Crippen molar-refractivity contribution >= 4 is 21.6 Å². The number of carbonyl (C=O) groups is 1. The number of para-hydroxylation sites is 1. The SMILES string of the molecule is O=C(Nc1cccc(S(=O)(=O)N2CCOCC2)c1)c1ccccc1COc1ccccc1. The molecule has 1 fully saturated rings.